The fourth-order valence-corrected chi connectivity index (χ4v) is 1.88. The summed E-state index contributed by atoms with van der Waals surface area (Å²) in [7, 11) is 0. The third-order valence-corrected chi connectivity index (χ3v) is 3.00. The zero-order chi connectivity index (χ0) is 12.1. The molecule has 0 aromatic rings. The summed E-state index contributed by atoms with van der Waals surface area (Å²) in [6, 6.07) is 0. The standard InChI is InChI=1S/C14H29NO/c1-3-5-7-9-11-13-15(14-16)12-10-8-6-4-2/h14H,3-13H2,1-2H3. The van der Waals surface area contributed by atoms with E-state index in [0.29, 0.717) is 0 Å². The van der Waals surface area contributed by atoms with Crippen LogP contribution in [-0.2, 0) is 4.79 Å². The Hall–Kier alpha value is -0.530. The SMILES string of the molecule is CCCCCCCN(C=O)CCCCCC. The highest BCUT2D eigenvalue weighted by molar-refractivity contribution is 5.46. The van der Waals surface area contributed by atoms with E-state index < -0.39 is 0 Å². The molecular weight excluding hydrogens is 198 g/mol. The van der Waals surface area contributed by atoms with E-state index in [2.05, 4.69) is 13.8 Å². The topological polar surface area (TPSA) is 20.3 Å². The van der Waals surface area contributed by atoms with Gasteiger partial charge < -0.3 is 4.90 Å². The maximum absolute atomic E-state index is 10.8. The van der Waals surface area contributed by atoms with Crippen molar-refractivity contribution in [3.8, 4) is 0 Å². The van der Waals surface area contributed by atoms with E-state index in [1.807, 2.05) is 4.90 Å². The summed E-state index contributed by atoms with van der Waals surface area (Å²) in [4.78, 5) is 12.8. The van der Waals surface area contributed by atoms with Crippen LogP contribution in [0.25, 0.3) is 0 Å². The highest BCUT2D eigenvalue weighted by Gasteiger charge is 2.00. The first-order valence-corrected chi connectivity index (χ1v) is 7.04. The van der Waals surface area contributed by atoms with Crippen LogP contribution in [0.15, 0.2) is 0 Å². The van der Waals surface area contributed by atoms with Gasteiger partial charge >= 0.3 is 0 Å². The van der Waals surface area contributed by atoms with Gasteiger partial charge in [0.25, 0.3) is 0 Å². The van der Waals surface area contributed by atoms with Gasteiger partial charge in [0, 0.05) is 13.1 Å². The first kappa shape index (κ1) is 15.5. The van der Waals surface area contributed by atoms with Gasteiger partial charge in [0.1, 0.15) is 0 Å². The lowest BCUT2D eigenvalue weighted by Gasteiger charge is -2.16. The minimum Gasteiger partial charge on any atom is -0.345 e. The average Bonchev–Trinajstić information content (AvgIpc) is 2.31. The van der Waals surface area contributed by atoms with E-state index in [-0.39, 0.29) is 0 Å². The Bertz CT molecular complexity index is 148. The third-order valence-electron chi connectivity index (χ3n) is 3.00. The number of rotatable bonds is 12. The number of unbranched alkanes of at least 4 members (excludes halogenated alkanes) is 7. The molecule has 0 bridgehead atoms. The normalized spacial score (nSPS) is 10.4. The van der Waals surface area contributed by atoms with Gasteiger partial charge in [0.2, 0.25) is 6.41 Å². The molecule has 0 saturated carbocycles. The predicted molar refractivity (Wildman–Crippen MR) is 70.5 cm³/mol. The lowest BCUT2D eigenvalue weighted by atomic mass is 10.1. The van der Waals surface area contributed by atoms with Crippen molar-refractivity contribution in [1.82, 2.24) is 4.90 Å². The summed E-state index contributed by atoms with van der Waals surface area (Å²) in [6.45, 7) is 6.35. The smallest absolute Gasteiger partial charge is 0.209 e. The minimum absolute atomic E-state index is 0.956. The molecule has 0 aliphatic heterocycles. The molecule has 0 radical (unpaired) electrons. The first-order valence-electron chi connectivity index (χ1n) is 7.04. The van der Waals surface area contributed by atoms with Crippen molar-refractivity contribution in [2.45, 2.75) is 71.6 Å². The molecule has 0 aromatic heterocycles. The molecule has 96 valence electrons. The van der Waals surface area contributed by atoms with Gasteiger partial charge in [-0.3, -0.25) is 4.79 Å². The van der Waals surface area contributed by atoms with E-state index in [1.54, 1.807) is 0 Å². The van der Waals surface area contributed by atoms with Gasteiger partial charge in [0.05, 0.1) is 0 Å². The van der Waals surface area contributed by atoms with E-state index in [0.717, 1.165) is 19.5 Å². The van der Waals surface area contributed by atoms with E-state index in [1.165, 1.54) is 57.8 Å². The summed E-state index contributed by atoms with van der Waals surface area (Å²) in [6.07, 6.45) is 12.4. The van der Waals surface area contributed by atoms with Crippen LogP contribution in [0.5, 0.6) is 0 Å². The van der Waals surface area contributed by atoms with Crippen molar-refractivity contribution in [1.29, 1.82) is 0 Å². The van der Waals surface area contributed by atoms with Crippen LogP contribution in [0.4, 0.5) is 0 Å². The van der Waals surface area contributed by atoms with Crippen LogP contribution in [-0.4, -0.2) is 24.4 Å². The Kier molecular flexibility index (Phi) is 12.1. The fourth-order valence-electron chi connectivity index (χ4n) is 1.88. The van der Waals surface area contributed by atoms with E-state index in [4.69, 9.17) is 0 Å². The van der Waals surface area contributed by atoms with Gasteiger partial charge in [-0.2, -0.15) is 0 Å². The summed E-state index contributed by atoms with van der Waals surface area (Å²) in [5.41, 5.74) is 0. The fraction of sp³-hybridized carbons (Fsp3) is 0.929. The second-order valence-corrected chi connectivity index (χ2v) is 4.62. The zero-order valence-electron chi connectivity index (χ0n) is 11.2. The Morgan fingerprint density at radius 1 is 0.750 bits per heavy atom. The highest BCUT2D eigenvalue weighted by Crippen LogP contribution is 2.05. The highest BCUT2D eigenvalue weighted by atomic mass is 16.1. The monoisotopic (exact) mass is 227 g/mol. The molecule has 0 spiro atoms. The van der Waals surface area contributed by atoms with Crippen LogP contribution < -0.4 is 0 Å². The van der Waals surface area contributed by atoms with Crippen LogP contribution >= 0.6 is 0 Å². The maximum Gasteiger partial charge on any atom is 0.209 e. The van der Waals surface area contributed by atoms with Crippen molar-refractivity contribution in [2.75, 3.05) is 13.1 Å². The number of nitrogens with zero attached hydrogens (tertiary/aromatic N) is 1. The van der Waals surface area contributed by atoms with Gasteiger partial charge in [-0.05, 0) is 12.8 Å². The molecule has 0 aliphatic carbocycles. The Balaban J connectivity index is 3.33. The Labute approximate surface area is 101 Å². The van der Waals surface area contributed by atoms with Crippen molar-refractivity contribution in [2.24, 2.45) is 0 Å². The van der Waals surface area contributed by atoms with Crippen molar-refractivity contribution >= 4 is 6.41 Å². The number of hydrogen-bond acceptors (Lipinski definition) is 1. The van der Waals surface area contributed by atoms with Crippen molar-refractivity contribution in [3.05, 3.63) is 0 Å². The molecule has 0 unspecified atom stereocenters. The van der Waals surface area contributed by atoms with Crippen molar-refractivity contribution < 1.29 is 4.79 Å². The Morgan fingerprint density at radius 3 is 1.62 bits per heavy atom. The molecule has 1 amide bonds. The largest absolute Gasteiger partial charge is 0.345 e. The molecule has 0 atom stereocenters. The molecular formula is C14H29NO. The number of carbonyl (C=O) groups is 1. The number of carbonyl (C=O) groups excluding carboxylic acids is 1. The second kappa shape index (κ2) is 12.5. The van der Waals surface area contributed by atoms with Gasteiger partial charge in [0.15, 0.2) is 0 Å². The van der Waals surface area contributed by atoms with Crippen LogP contribution in [0.3, 0.4) is 0 Å². The van der Waals surface area contributed by atoms with E-state index in [9.17, 15) is 4.79 Å². The second-order valence-electron chi connectivity index (χ2n) is 4.62. The molecule has 16 heavy (non-hydrogen) atoms. The molecule has 2 heteroatoms. The molecule has 0 saturated heterocycles. The molecule has 0 fully saturated rings. The van der Waals surface area contributed by atoms with Gasteiger partial charge in [-0.25, -0.2) is 0 Å². The predicted octanol–water partition coefficient (Wildman–Crippen LogP) is 4.00. The van der Waals surface area contributed by atoms with Crippen LogP contribution in [0.1, 0.15) is 71.6 Å². The summed E-state index contributed by atoms with van der Waals surface area (Å²) in [5, 5.41) is 0. The van der Waals surface area contributed by atoms with Crippen LogP contribution in [0.2, 0.25) is 0 Å². The van der Waals surface area contributed by atoms with Crippen molar-refractivity contribution in [3.63, 3.8) is 0 Å². The third kappa shape index (κ3) is 10.0. The number of hydrogen-bond donors (Lipinski definition) is 0. The van der Waals surface area contributed by atoms with Gasteiger partial charge in [-0.1, -0.05) is 58.8 Å². The van der Waals surface area contributed by atoms with Crippen LogP contribution in [0, 0.1) is 0 Å². The Morgan fingerprint density at radius 2 is 1.19 bits per heavy atom. The summed E-state index contributed by atoms with van der Waals surface area (Å²) in [5.74, 6) is 0. The maximum atomic E-state index is 10.8. The van der Waals surface area contributed by atoms with E-state index >= 15 is 0 Å². The molecule has 0 heterocycles. The molecule has 0 N–H and O–H groups in total. The van der Waals surface area contributed by atoms with Gasteiger partial charge in [-0.15, -0.1) is 0 Å². The molecule has 0 rings (SSSR count). The zero-order valence-corrected chi connectivity index (χ0v) is 11.2. The molecule has 2 nitrogen and oxygen atoms in total. The molecule has 0 aliphatic rings. The summed E-state index contributed by atoms with van der Waals surface area (Å²) >= 11 is 0. The summed E-state index contributed by atoms with van der Waals surface area (Å²) < 4.78 is 0. The average molecular weight is 227 g/mol. The lowest BCUT2D eigenvalue weighted by molar-refractivity contribution is -0.118. The number of amides is 1. The molecule has 0 aromatic carbocycles. The lowest BCUT2D eigenvalue weighted by Crippen LogP contribution is -2.24. The first-order chi connectivity index (χ1) is 7.85. The quantitative estimate of drug-likeness (QED) is 0.364. The minimum atomic E-state index is 0.956.